The van der Waals surface area contributed by atoms with Gasteiger partial charge in [-0.25, -0.2) is 8.78 Å². The van der Waals surface area contributed by atoms with E-state index >= 15 is 0 Å². The van der Waals surface area contributed by atoms with Crippen molar-refractivity contribution in [2.75, 3.05) is 11.9 Å². The Kier molecular flexibility index (Phi) is 5.99. The van der Waals surface area contributed by atoms with Gasteiger partial charge in [0.2, 0.25) is 0 Å². The third-order valence-corrected chi connectivity index (χ3v) is 3.43. The molecule has 25 heavy (non-hydrogen) atoms. The minimum absolute atomic E-state index is 0.0972. The third-order valence-electron chi connectivity index (χ3n) is 3.43. The molecule has 1 aromatic carbocycles. The highest BCUT2D eigenvalue weighted by atomic mass is 19.3. The fraction of sp³-hybridized carbons (Fsp3) is 0.235. The monoisotopic (exact) mass is 349 g/mol. The van der Waals surface area contributed by atoms with E-state index < -0.39 is 30.3 Å². The number of aromatic nitrogens is 1. The number of anilines is 1. The Hall–Kier alpha value is -3.03. The maximum atomic E-state index is 12.8. The summed E-state index contributed by atoms with van der Waals surface area (Å²) in [6, 6.07) is 11.3. The van der Waals surface area contributed by atoms with E-state index in [1.165, 1.54) is 29.9 Å². The van der Waals surface area contributed by atoms with Gasteiger partial charge in [-0.3, -0.25) is 14.4 Å². The maximum Gasteiger partial charge on any atom is 0.314 e. The molecular weight excluding hydrogens is 332 g/mol. The first-order valence-corrected chi connectivity index (χ1v) is 7.46. The van der Waals surface area contributed by atoms with Crippen molar-refractivity contribution in [1.29, 1.82) is 0 Å². The van der Waals surface area contributed by atoms with Gasteiger partial charge in [-0.15, -0.1) is 0 Å². The molecule has 0 fully saturated rings. The molecule has 1 N–H and O–H groups in total. The van der Waals surface area contributed by atoms with Crippen LogP contribution in [0, 0.1) is 0 Å². The van der Waals surface area contributed by atoms with Crippen LogP contribution < -0.4 is 10.9 Å². The molecule has 132 valence electrons. The number of pyridine rings is 1. The molecule has 1 heterocycles. The van der Waals surface area contributed by atoms with Crippen LogP contribution >= 0.6 is 0 Å². The quantitative estimate of drug-likeness (QED) is 0.834. The Morgan fingerprint density at radius 2 is 1.84 bits per heavy atom. The van der Waals surface area contributed by atoms with E-state index in [9.17, 15) is 23.2 Å². The second kappa shape index (κ2) is 8.18. The number of aryl methyl sites for hydroxylation is 1. The van der Waals surface area contributed by atoms with Crippen LogP contribution in [0.15, 0.2) is 53.5 Å². The normalized spacial score (nSPS) is 10.6. The van der Waals surface area contributed by atoms with Crippen LogP contribution in [-0.2, 0) is 23.2 Å². The maximum absolute atomic E-state index is 12.8. The lowest BCUT2D eigenvalue weighted by atomic mass is 10.2. The number of rotatable bonds is 5. The summed E-state index contributed by atoms with van der Waals surface area (Å²) < 4.78 is 26.8. The van der Waals surface area contributed by atoms with Crippen LogP contribution in [0.1, 0.15) is 5.56 Å². The summed E-state index contributed by atoms with van der Waals surface area (Å²) in [5.41, 5.74) is 0.00658. The lowest BCUT2D eigenvalue weighted by Crippen LogP contribution is -2.42. The van der Waals surface area contributed by atoms with Crippen LogP contribution in [-0.4, -0.2) is 34.3 Å². The van der Waals surface area contributed by atoms with Crippen molar-refractivity contribution in [3.8, 4) is 0 Å². The summed E-state index contributed by atoms with van der Waals surface area (Å²) >= 11 is 0. The van der Waals surface area contributed by atoms with Crippen LogP contribution in [0.5, 0.6) is 0 Å². The van der Waals surface area contributed by atoms with Crippen LogP contribution in [0.2, 0.25) is 0 Å². The van der Waals surface area contributed by atoms with Crippen molar-refractivity contribution >= 4 is 17.5 Å². The van der Waals surface area contributed by atoms with E-state index in [1.807, 2.05) is 0 Å². The zero-order valence-electron chi connectivity index (χ0n) is 13.5. The number of carbonyl (C=O) groups excluding carboxylic acids is 2. The number of nitrogens with one attached hydrogen (secondary N) is 1. The number of alkyl halides is 2. The molecule has 0 saturated carbocycles. The molecule has 2 rings (SSSR count). The van der Waals surface area contributed by atoms with E-state index in [2.05, 4.69) is 5.32 Å². The number of carbonyl (C=O) groups is 2. The fourth-order valence-corrected chi connectivity index (χ4v) is 2.20. The summed E-state index contributed by atoms with van der Waals surface area (Å²) in [5, 5.41) is 2.18. The minimum atomic E-state index is -2.79. The smallest absolute Gasteiger partial charge is 0.314 e. The van der Waals surface area contributed by atoms with Gasteiger partial charge in [0.15, 0.2) is 0 Å². The van der Waals surface area contributed by atoms with Gasteiger partial charge in [0.05, 0.1) is 6.54 Å². The molecule has 0 spiro atoms. The van der Waals surface area contributed by atoms with E-state index in [0.717, 1.165) is 4.90 Å². The fourth-order valence-electron chi connectivity index (χ4n) is 2.20. The number of hydrogen-bond donors (Lipinski definition) is 1. The van der Waals surface area contributed by atoms with E-state index in [0.29, 0.717) is 5.56 Å². The van der Waals surface area contributed by atoms with Crippen molar-refractivity contribution in [2.24, 2.45) is 7.05 Å². The highest BCUT2D eigenvalue weighted by Gasteiger charge is 2.25. The molecule has 0 bridgehead atoms. The highest BCUT2D eigenvalue weighted by Crippen LogP contribution is 2.09. The first-order valence-electron chi connectivity index (χ1n) is 7.46. The average molecular weight is 349 g/mol. The van der Waals surface area contributed by atoms with Crippen LogP contribution in [0.3, 0.4) is 0 Å². The highest BCUT2D eigenvalue weighted by molar-refractivity contribution is 6.39. The molecule has 0 radical (unpaired) electrons. The van der Waals surface area contributed by atoms with E-state index in [-0.39, 0.29) is 12.2 Å². The molecule has 8 heteroatoms. The lowest BCUT2D eigenvalue weighted by molar-refractivity contribution is -0.144. The standard InChI is InChI=1S/C17H17F2N3O3/c1-21-9-5-8-13(16(21)24)20-15(23)17(25)22(11-14(18)19)10-12-6-3-2-4-7-12/h2-9,14H,10-11H2,1H3,(H,20,23). The Labute approximate surface area is 142 Å². The number of nitrogens with zero attached hydrogens (tertiary/aromatic N) is 2. The largest absolute Gasteiger partial charge is 0.324 e. The Bertz CT molecular complexity index is 806. The summed E-state index contributed by atoms with van der Waals surface area (Å²) in [7, 11) is 1.48. The summed E-state index contributed by atoms with van der Waals surface area (Å²) in [5.74, 6) is -2.27. The van der Waals surface area contributed by atoms with Gasteiger partial charge in [-0.05, 0) is 17.7 Å². The molecule has 1 aromatic heterocycles. The van der Waals surface area contributed by atoms with E-state index in [1.54, 1.807) is 30.3 Å². The molecule has 0 saturated heterocycles. The van der Waals surface area contributed by atoms with Crippen molar-refractivity contribution < 1.29 is 18.4 Å². The molecule has 0 aliphatic heterocycles. The Morgan fingerprint density at radius 3 is 2.48 bits per heavy atom. The summed E-state index contributed by atoms with van der Waals surface area (Å²) in [6.45, 7) is -1.02. The van der Waals surface area contributed by atoms with Crippen molar-refractivity contribution in [1.82, 2.24) is 9.47 Å². The molecule has 0 atom stereocenters. The summed E-state index contributed by atoms with van der Waals surface area (Å²) in [4.78, 5) is 37.0. The van der Waals surface area contributed by atoms with Gasteiger partial charge >= 0.3 is 11.8 Å². The second-order valence-corrected chi connectivity index (χ2v) is 5.35. The Balaban J connectivity index is 2.16. The Morgan fingerprint density at radius 1 is 1.16 bits per heavy atom. The molecule has 0 unspecified atom stereocenters. The number of hydrogen-bond acceptors (Lipinski definition) is 3. The van der Waals surface area contributed by atoms with Gasteiger partial charge in [-0.2, -0.15) is 0 Å². The lowest BCUT2D eigenvalue weighted by Gasteiger charge is -2.21. The predicted octanol–water partition coefficient (Wildman–Crippen LogP) is 1.62. The molecule has 2 amide bonds. The van der Waals surface area contributed by atoms with E-state index in [4.69, 9.17) is 0 Å². The zero-order chi connectivity index (χ0) is 18.4. The minimum Gasteiger partial charge on any atom is -0.324 e. The topological polar surface area (TPSA) is 71.4 Å². The number of benzene rings is 1. The van der Waals surface area contributed by atoms with Crippen molar-refractivity contribution in [3.63, 3.8) is 0 Å². The number of halogens is 2. The first kappa shape index (κ1) is 18.3. The van der Waals surface area contributed by atoms with Crippen LogP contribution in [0.25, 0.3) is 0 Å². The summed E-state index contributed by atoms with van der Waals surface area (Å²) in [6.07, 6.45) is -1.30. The molecule has 2 aromatic rings. The van der Waals surface area contributed by atoms with Crippen LogP contribution in [0.4, 0.5) is 14.5 Å². The molecule has 0 aliphatic rings. The van der Waals surface area contributed by atoms with Gasteiger partial charge in [0, 0.05) is 19.8 Å². The predicted molar refractivity (Wildman–Crippen MR) is 88.2 cm³/mol. The van der Waals surface area contributed by atoms with Crippen molar-refractivity contribution in [2.45, 2.75) is 13.0 Å². The molecular formula is C17H17F2N3O3. The van der Waals surface area contributed by atoms with Gasteiger partial charge < -0.3 is 14.8 Å². The number of amides is 2. The van der Waals surface area contributed by atoms with Crippen molar-refractivity contribution in [3.05, 3.63) is 64.6 Å². The average Bonchev–Trinajstić information content (AvgIpc) is 2.58. The molecule has 0 aliphatic carbocycles. The zero-order valence-corrected chi connectivity index (χ0v) is 13.5. The SMILES string of the molecule is Cn1cccc(NC(=O)C(=O)N(Cc2ccccc2)CC(F)F)c1=O. The third kappa shape index (κ3) is 4.97. The molecule has 6 nitrogen and oxygen atoms in total. The van der Waals surface area contributed by atoms with Gasteiger partial charge in [0.25, 0.3) is 12.0 Å². The van der Waals surface area contributed by atoms with Gasteiger partial charge in [-0.1, -0.05) is 30.3 Å². The first-order chi connectivity index (χ1) is 11.9. The van der Waals surface area contributed by atoms with Gasteiger partial charge in [0.1, 0.15) is 5.69 Å². The second-order valence-electron chi connectivity index (χ2n) is 5.35.